The molecule has 6 nitrogen and oxygen atoms in total. The summed E-state index contributed by atoms with van der Waals surface area (Å²) in [6.45, 7) is 4.14. The van der Waals surface area contributed by atoms with Crippen molar-refractivity contribution in [3.63, 3.8) is 0 Å². The quantitative estimate of drug-likeness (QED) is 0.616. The van der Waals surface area contributed by atoms with Crippen molar-refractivity contribution in [3.8, 4) is 0 Å². The number of nitrogens with one attached hydrogen (secondary N) is 1. The first-order valence-corrected chi connectivity index (χ1v) is 7.90. The van der Waals surface area contributed by atoms with E-state index in [0.29, 0.717) is 19.6 Å². The molecule has 108 valence electrons. The Balaban J connectivity index is 2.48. The van der Waals surface area contributed by atoms with Crippen LogP contribution >= 0.6 is 0 Å². The Morgan fingerprint density at radius 3 is 2.17 bits per heavy atom. The topological polar surface area (TPSA) is 67.9 Å². The van der Waals surface area contributed by atoms with E-state index in [1.54, 1.807) is 14.2 Å². The first kappa shape index (κ1) is 15.8. The molecule has 1 aliphatic heterocycles. The molecule has 1 N–H and O–H groups in total. The van der Waals surface area contributed by atoms with Crippen molar-refractivity contribution in [3.05, 3.63) is 0 Å². The third kappa shape index (κ3) is 4.17. The van der Waals surface area contributed by atoms with Crippen molar-refractivity contribution in [2.45, 2.75) is 25.6 Å². The van der Waals surface area contributed by atoms with E-state index >= 15 is 0 Å². The summed E-state index contributed by atoms with van der Waals surface area (Å²) in [6, 6.07) is 0. The summed E-state index contributed by atoms with van der Waals surface area (Å²) in [5.41, 5.74) is 0. The zero-order valence-corrected chi connectivity index (χ0v) is 12.2. The highest BCUT2D eigenvalue weighted by atomic mass is 32.2. The monoisotopic (exact) mass is 280 g/mol. The third-order valence-corrected chi connectivity index (χ3v) is 4.95. The van der Waals surface area contributed by atoms with Crippen LogP contribution < -0.4 is 5.32 Å². The van der Waals surface area contributed by atoms with Crippen LogP contribution in [0.25, 0.3) is 0 Å². The van der Waals surface area contributed by atoms with Crippen LogP contribution in [0.1, 0.15) is 13.3 Å². The summed E-state index contributed by atoms with van der Waals surface area (Å²) in [7, 11) is -0.0577. The van der Waals surface area contributed by atoms with Gasteiger partial charge in [0.15, 0.2) is 0 Å². The molecule has 0 aromatic carbocycles. The third-order valence-electron chi connectivity index (χ3n) is 3.14. The van der Waals surface area contributed by atoms with Crippen molar-refractivity contribution >= 4 is 10.0 Å². The van der Waals surface area contributed by atoms with Crippen molar-refractivity contribution in [2.24, 2.45) is 0 Å². The Morgan fingerprint density at radius 1 is 1.17 bits per heavy atom. The lowest BCUT2D eigenvalue weighted by atomic mass is 10.3. The molecule has 1 heterocycles. The Morgan fingerprint density at radius 2 is 1.72 bits per heavy atom. The van der Waals surface area contributed by atoms with Gasteiger partial charge in [0.05, 0.1) is 18.0 Å². The van der Waals surface area contributed by atoms with Crippen LogP contribution in [0, 0.1) is 0 Å². The molecule has 1 fully saturated rings. The van der Waals surface area contributed by atoms with Crippen molar-refractivity contribution in [1.29, 1.82) is 0 Å². The van der Waals surface area contributed by atoms with E-state index in [-0.39, 0.29) is 18.0 Å². The average molecular weight is 280 g/mol. The Kier molecular flexibility index (Phi) is 6.51. The number of nitrogens with zero attached hydrogens (tertiary/aromatic N) is 1. The van der Waals surface area contributed by atoms with Gasteiger partial charge in [-0.25, -0.2) is 8.42 Å². The minimum Gasteiger partial charge on any atom is -0.377 e. The number of ether oxygens (including phenoxy) is 2. The van der Waals surface area contributed by atoms with E-state index in [9.17, 15) is 8.42 Å². The van der Waals surface area contributed by atoms with E-state index < -0.39 is 10.0 Å². The van der Waals surface area contributed by atoms with E-state index in [4.69, 9.17) is 9.47 Å². The van der Waals surface area contributed by atoms with Gasteiger partial charge in [-0.15, -0.1) is 0 Å². The maximum atomic E-state index is 12.1. The standard InChI is InChI=1S/C11H24N2O4S/c1-4-5-12-6-7-18(14,15)13-8-10(16-2)11(9-13)17-3/h10-12H,4-9H2,1-3H3. The van der Waals surface area contributed by atoms with Gasteiger partial charge >= 0.3 is 0 Å². The predicted octanol–water partition coefficient (Wildman–Crippen LogP) is -0.339. The summed E-state index contributed by atoms with van der Waals surface area (Å²) in [4.78, 5) is 0. The van der Waals surface area contributed by atoms with Gasteiger partial charge < -0.3 is 14.8 Å². The summed E-state index contributed by atoms with van der Waals surface area (Å²) in [6.07, 6.45) is 0.656. The summed E-state index contributed by atoms with van der Waals surface area (Å²) in [5.74, 6) is 0.125. The lowest BCUT2D eigenvalue weighted by Gasteiger charge is -2.15. The molecule has 0 radical (unpaired) electrons. The molecule has 2 unspecified atom stereocenters. The van der Waals surface area contributed by atoms with Crippen LogP contribution in [0.5, 0.6) is 0 Å². The van der Waals surface area contributed by atoms with Crippen LogP contribution in [0.4, 0.5) is 0 Å². The average Bonchev–Trinajstić information content (AvgIpc) is 2.78. The summed E-state index contributed by atoms with van der Waals surface area (Å²) < 4.78 is 36.1. The second-order valence-corrected chi connectivity index (χ2v) is 6.52. The highest BCUT2D eigenvalue weighted by molar-refractivity contribution is 7.89. The molecule has 0 aliphatic carbocycles. The van der Waals surface area contributed by atoms with Crippen molar-refractivity contribution in [2.75, 3.05) is 46.2 Å². The molecule has 1 rings (SSSR count). The van der Waals surface area contributed by atoms with E-state index in [2.05, 4.69) is 5.32 Å². The number of rotatable bonds is 8. The van der Waals surface area contributed by atoms with Gasteiger partial charge in [0, 0.05) is 33.9 Å². The molecule has 0 bridgehead atoms. The van der Waals surface area contributed by atoms with Gasteiger partial charge in [-0.2, -0.15) is 4.31 Å². The van der Waals surface area contributed by atoms with Crippen LogP contribution in [0.2, 0.25) is 0 Å². The first-order chi connectivity index (χ1) is 8.55. The fourth-order valence-electron chi connectivity index (χ4n) is 2.02. The zero-order chi connectivity index (χ0) is 13.6. The molecule has 0 aromatic heterocycles. The fourth-order valence-corrected chi connectivity index (χ4v) is 3.43. The van der Waals surface area contributed by atoms with Crippen molar-refractivity contribution < 1.29 is 17.9 Å². The number of sulfonamides is 1. The normalized spacial score (nSPS) is 25.7. The molecule has 7 heteroatoms. The summed E-state index contributed by atoms with van der Waals surface area (Å²) in [5, 5.41) is 3.10. The number of methoxy groups -OCH3 is 2. The molecule has 18 heavy (non-hydrogen) atoms. The van der Waals surface area contributed by atoms with Gasteiger partial charge in [0.2, 0.25) is 10.0 Å². The Labute approximate surface area is 110 Å². The van der Waals surface area contributed by atoms with Crippen LogP contribution in [-0.2, 0) is 19.5 Å². The van der Waals surface area contributed by atoms with Gasteiger partial charge in [-0.05, 0) is 13.0 Å². The molecular weight excluding hydrogens is 256 g/mol. The molecule has 1 saturated heterocycles. The fraction of sp³-hybridized carbons (Fsp3) is 1.00. The second-order valence-electron chi connectivity index (χ2n) is 4.43. The van der Waals surface area contributed by atoms with Crippen LogP contribution in [0.3, 0.4) is 0 Å². The molecule has 1 aliphatic rings. The van der Waals surface area contributed by atoms with Gasteiger partial charge in [-0.3, -0.25) is 0 Å². The van der Waals surface area contributed by atoms with E-state index in [1.165, 1.54) is 4.31 Å². The summed E-state index contributed by atoms with van der Waals surface area (Å²) >= 11 is 0. The zero-order valence-electron chi connectivity index (χ0n) is 11.4. The Hall–Kier alpha value is -0.210. The maximum absolute atomic E-state index is 12.1. The predicted molar refractivity (Wildman–Crippen MR) is 70.1 cm³/mol. The van der Waals surface area contributed by atoms with Gasteiger partial charge in [0.25, 0.3) is 0 Å². The molecule has 0 spiro atoms. The SMILES string of the molecule is CCCNCCS(=O)(=O)N1CC(OC)C(OC)C1. The smallest absolute Gasteiger partial charge is 0.215 e. The molecule has 0 aromatic rings. The minimum atomic E-state index is -3.22. The second kappa shape index (κ2) is 7.40. The lowest BCUT2D eigenvalue weighted by Crippen LogP contribution is -2.36. The number of hydrogen-bond acceptors (Lipinski definition) is 5. The Bertz CT molecular complexity index is 322. The van der Waals surface area contributed by atoms with E-state index in [0.717, 1.165) is 13.0 Å². The largest absolute Gasteiger partial charge is 0.377 e. The maximum Gasteiger partial charge on any atom is 0.215 e. The van der Waals surface area contributed by atoms with Crippen LogP contribution in [-0.4, -0.2) is 71.1 Å². The molecule has 2 atom stereocenters. The van der Waals surface area contributed by atoms with Gasteiger partial charge in [-0.1, -0.05) is 6.92 Å². The lowest BCUT2D eigenvalue weighted by molar-refractivity contribution is -0.00461. The van der Waals surface area contributed by atoms with Crippen LogP contribution in [0.15, 0.2) is 0 Å². The molecule has 0 saturated carbocycles. The highest BCUT2D eigenvalue weighted by Gasteiger charge is 2.38. The molecule has 0 amide bonds. The van der Waals surface area contributed by atoms with E-state index in [1.807, 2.05) is 6.92 Å². The van der Waals surface area contributed by atoms with Gasteiger partial charge in [0.1, 0.15) is 0 Å². The first-order valence-electron chi connectivity index (χ1n) is 6.29. The molecular formula is C11H24N2O4S. The minimum absolute atomic E-state index is 0.125. The van der Waals surface area contributed by atoms with Crippen molar-refractivity contribution in [1.82, 2.24) is 9.62 Å². The number of hydrogen-bond donors (Lipinski definition) is 1. The highest BCUT2D eigenvalue weighted by Crippen LogP contribution is 2.19.